The Morgan fingerprint density at radius 3 is 2.46 bits per heavy atom. The summed E-state index contributed by atoms with van der Waals surface area (Å²) in [5.74, 6) is 0.583. The predicted molar refractivity (Wildman–Crippen MR) is 108 cm³/mol. The second-order valence-corrected chi connectivity index (χ2v) is 6.82. The van der Waals surface area contributed by atoms with Crippen molar-refractivity contribution in [2.45, 2.75) is 33.9 Å². The van der Waals surface area contributed by atoms with E-state index in [-0.39, 0.29) is 18.3 Å². The third-order valence-corrected chi connectivity index (χ3v) is 4.56. The molecule has 144 valence electrons. The van der Waals surface area contributed by atoms with Gasteiger partial charge in [0.25, 0.3) is 5.91 Å². The van der Waals surface area contributed by atoms with E-state index in [0.29, 0.717) is 17.7 Å². The fourth-order valence-electron chi connectivity index (χ4n) is 3.08. The van der Waals surface area contributed by atoms with Crippen LogP contribution >= 0.6 is 0 Å². The number of para-hydroxylation sites is 1. The molecule has 5 nitrogen and oxygen atoms in total. The molecule has 3 rings (SSSR count). The van der Waals surface area contributed by atoms with Crippen molar-refractivity contribution >= 4 is 5.91 Å². The van der Waals surface area contributed by atoms with E-state index in [1.165, 1.54) is 0 Å². The summed E-state index contributed by atoms with van der Waals surface area (Å²) < 4.78 is 5.75. The molecule has 3 aromatic rings. The first-order valence-electron chi connectivity index (χ1n) is 9.15. The van der Waals surface area contributed by atoms with Crippen LogP contribution in [0.3, 0.4) is 0 Å². The second kappa shape index (κ2) is 8.57. The molecule has 2 aromatic carbocycles. The minimum Gasteiger partial charge on any atom is -0.493 e. The standard InChI is InChI=1S/C23H24N2O3/c1-15-11-17(3)25-23(27)21(15)13-24-22(26)20-10-9-18(12-16(20)2)14-28-19-7-5-4-6-8-19/h4-12H,13-14H2,1-3H3,(H,24,26)(H,25,27). The summed E-state index contributed by atoms with van der Waals surface area (Å²) in [5, 5.41) is 12.9. The molecule has 0 saturated heterocycles. The number of carbonyl (C=O) groups is 1. The third kappa shape index (κ3) is 4.68. The lowest BCUT2D eigenvalue weighted by Gasteiger charge is -2.12. The summed E-state index contributed by atoms with van der Waals surface area (Å²) >= 11 is 0. The number of ether oxygens (including phenoxy) is 1. The molecule has 1 aromatic heterocycles. The van der Waals surface area contributed by atoms with E-state index in [0.717, 1.165) is 28.1 Å². The Morgan fingerprint density at radius 2 is 1.79 bits per heavy atom. The van der Waals surface area contributed by atoms with Crippen molar-refractivity contribution in [2.24, 2.45) is 0 Å². The topological polar surface area (TPSA) is 71.5 Å². The molecule has 1 heterocycles. The molecule has 0 bridgehead atoms. The lowest BCUT2D eigenvalue weighted by molar-refractivity contribution is 0.0950. The largest absolute Gasteiger partial charge is 0.493 e. The fraction of sp³-hybridized carbons (Fsp3) is 0.217. The van der Waals surface area contributed by atoms with Crippen molar-refractivity contribution in [2.75, 3.05) is 0 Å². The van der Waals surface area contributed by atoms with Crippen LogP contribution in [-0.2, 0) is 13.2 Å². The number of pyridine rings is 1. The lowest BCUT2D eigenvalue weighted by atomic mass is 10.0. The van der Waals surface area contributed by atoms with Gasteiger partial charge in [-0.15, -0.1) is 0 Å². The van der Waals surface area contributed by atoms with E-state index < -0.39 is 0 Å². The molecular weight excluding hydrogens is 352 g/mol. The van der Waals surface area contributed by atoms with Crippen LogP contribution < -0.4 is 10.1 Å². The van der Waals surface area contributed by atoms with E-state index in [1.54, 1.807) is 6.07 Å². The predicted octanol–water partition coefficient (Wildman–Crippen LogP) is 4.22. The number of aromatic hydroxyl groups is 1. The van der Waals surface area contributed by atoms with Gasteiger partial charge in [-0.1, -0.05) is 30.3 Å². The zero-order chi connectivity index (χ0) is 20.1. The highest BCUT2D eigenvalue weighted by Crippen LogP contribution is 2.20. The molecule has 0 fully saturated rings. The number of hydrogen-bond acceptors (Lipinski definition) is 4. The molecule has 0 saturated carbocycles. The Bertz CT molecular complexity index is 961. The number of hydrogen-bond donors (Lipinski definition) is 2. The summed E-state index contributed by atoms with van der Waals surface area (Å²) in [6, 6.07) is 17.1. The van der Waals surface area contributed by atoms with Crippen LogP contribution in [0.4, 0.5) is 0 Å². The van der Waals surface area contributed by atoms with Gasteiger partial charge in [-0.3, -0.25) is 4.79 Å². The Labute approximate surface area is 165 Å². The molecular formula is C23H24N2O3. The van der Waals surface area contributed by atoms with Gasteiger partial charge in [0.1, 0.15) is 12.4 Å². The van der Waals surface area contributed by atoms with Gasteiger partial charge in [0, 0.05) is 23.4 Å². The maximum Gasteiger partial charge on any atom is 0.251 e. The van der Waals surface area contributed by atoms with Crippen LogP contribution in [0, 0.1) is 20.8 Å². The zero-order valence-electron chi connectivity index (χ0n) is 16.3. The highest BCUT2D eigenvalue weighted by molar-refractivity contribution is 5.95. The summed E-state index contributed by atoms with van der Waals surface area (Å²) in [6.07, 6.45) is 0. The SMILES string of the molecule is Cc1cc(C)c(CNC(=O)c2ccc(COc3ccccc3)cc2C)c(O)n1. The van der Waals surface area contributed by atoms with Gasteiger partial charge < -0.3 is 15.2 Å². The van der Waals surface area contributed by atoms with E-state index >= 15 is 0 Å². The summed E-state index contributed by atoms with van der Waals surface area (Å²) in [5.41, 5.74) is 4.73. The van der Waals surface area contributed by atoms with Crippen molar-refractivity contribution in [3.8, 4) is 11.6 Å². The van der Waals surface area contributed by atoms with Crippen molar-refractivity contribution < 1.29 is 14.6 Å². The normalized spacial score (nSPS) is 10.5. The van der Waals surface area contributed by atoms with Gasteiger partial charge in [-0.05, 0) is 61.7 Å². The Balaban J connectivity index is 1.64. The van der Waals surface area contributed by atoms with E-state index in [2.05, 4.69) is 10.3 Å². The van der Waals surface area contributed by atoms with E-state index in [9.17, 15) is 9.90 Å². The summed E-state index contributed by atoms with van der Waals surface area (Å²) in [4.78, 5) is 16.6. The lowest BCUT2D eigenvalue weighted by Crippen LogP contribution is -2.24. The van der Waals surface area contributed by atoms with E-state index in [4.69, 9.17) is 4.74 Å². The second-order valence-electron chi connectivity index (χ2n) is 6.82. The van der Waals surface area contributed by atoms with E-state index in [1.807, 2.05) is 69.3 Å². The summed E-state index contributed by atoms with van der Waals surface area (Å²) in [7, 11) is 0. The summed E-state index contributed by atoms with van der Waals surface area (Å²) in [6.45, 7) is 6.28. The number of carbonyl (C=O) groups excluding carboxylic acids is 1. The molecule has 28 heavy (non-hydrogen) atoms. The number of amides is 1. The minimum absolute atomic E-state index is 0.0390. The van der Waals surface area contributed by atoms with Crippen molar-refractivity contribution in [1.82, 2.24) is 10.3 Å². The van der Waals surface area contributed by atoms with Crippen molar-refractivity contribution in [3.63, 3.8) is 0 Å². The molecule has 0 aliphatic heterocycles. The van der Waals surface area contributed by atoms with Crippen LogP contribution in [0.1, 0.15) is 38.3 Å². The first-order chi connectivity index (χ1) is 13.4. The molecule has 2 N–H and O–H groups in total. The van der Waals surface area contributed by atoms with Gasteiger partial charge >= 0.3 is 0 Å². The van der Waals surface area contributed by atoms with Crippen LogP contribution in [0.2, 0.25) is 0 Å². The van der Waals surface area contributed by atoms with Crippen LogP contribution in [-0.4, -0.2) is 16.0 Å². The molecule has 0 unspecified atom stereocenters. The highest BCUT2D eigenvalue weighted by atomic mass is 16.5. The monoisotopic (exact) mass is 376 g/mol. The molecule has 0 radical (unpaired) electrons. The number of nitrogens with zero attached hydrogens (tertiary/aromatic N) is 1. The fourth-order valence-corrected chi connectivity index (χ4v) is 3.08. The number of aryl methyl sites for hydroxylation is 3. The Kier molecular flexibility index (Phi) is 5.94. The minimum atomic E-state index is -0.188. The average molecular weight is 376 g/mol. The first-order valence-corrected chi connectivity index (χ1v) is 9.15. The average Bonchev–Trinajstić information content (AvgIpc) is 2.66. The van der Waals surface area contributed by atoms with Gasteiger partial charge in [-0.2, -0.15) is 0 Å². The molecule has 0 spiro atoms. The van der Waals surface area contributed by atoms with Gasteiger partial charge in [-0.25, -0.2) is 4.98 Å². The van der Waals surface area contributed by atoms with Crippen LogP contribution in [0.25, 0.3) is 0 Å². The smallest absolute Gasteiger partial charge is 0.251 e. The Morgan fingerprint density at radius 1 is 1.04 bits per heavy atom. The number of rotatable bonds is 6. The molecule has 0 atom stereocenters. The van der Waals surface area contributed by atoms with Crippen LogP contribution in [0.5, 0.6) is 11.6 Å². The quantitative estimate of drug-likeness (QED) is 0.676. The van der Waals surface area contributed by atoms with Crippen molar-refractivity contribution in [1.29, 1.82) is 0 Å². The number of benzene rings is 2. The molecule has 0 aliphatic rings. The van der Waals surface area contributed by atoms with Gasteiger partial charge in [0.05, 0.1) is 0 Å². The molecule has 1 amide bonds. The maximum absolute atomic E-state index is 12.6. The number of nitrogens with one attached hydrogen (secondary N) is 1. The molecule has 5 heteroatoms. The highest BCUT2D eigenvalue weighted by Gasteiger charge is 2.13. The zero-order valence-corrected chi connectivity index (χ0v) is 16.3. The van der Waals surface area contributed by atoms with Gasteiger partial charge in [0.15, 0.2) is 0 Å². The third-order valence-electron chi connectivity index (χ3n) is 4.56. The van der Waals surface area contributed by atoms with Gasteiger partial charge in [0.2, 0.25) is 5.88 Å². The Hall–Kier alpha value is -3.34. The maximum atomic E-state index is 12.6. The van der Waals surface area contributed by atoms with Crippen LogP contribution in [0.15, 0.2) is 54.6 Å². The number of aromatic nitrogens is 1. The first kappa shape index (κ1) is 19.4. The van der Waals surface area contributed by atoms with Crippen molar-refractivity contribution in [3.05, 3.63) is 88.1 Å². The molecule has 0 aliphatic carbocycles.